The van der Waals surface area contributed by atoms with Crippen LogP contribution in [0.15, 0.2) is 0 Å². The zero-order valence-corrected chi connectivity index (χ0v) is 9.87. The molecule has 3 atom stereocenters. The molecule has 2 heteroatoms. The Morgan fingerprint density at radius 3 is 2.50 bits per heavy atom. The van der Waals surface area contributed by atoms with Crippen molar-refractivity contribution in [2.45, 2.75) is 58.6 Å². The number of likely N-dealkylation sites (N-methyl/N-ethyl adjacent to an activating group) is 1. The Morgan fingerprint density at radius 1 is 1.36 bits per heavy atom. The van der Waals surface area contributed by atoms with E-state index in [1.54, 1.807) is 0 Å². The van der Waals surface area contributed by atoms with Gasteiger partial charge >= 0.3 is 0 Å². The van der Waals surface area contributed by atoms with Gasteiger partial charge in [0.2, 0.25) is 0 Å². The van der Waals surface area contributed by atoms with Gasteiger partial charge in [-0.05, 0) is 31.7 Å². The third kappa shape index (κ3) is 2.96. The Labute approximate surface area is 88.3 Å². The van der Waals surface area contributed by atoms with E-state index in [-0.39, 0.29) is 6.10 Å². The maximum Gasteiger partial charge on any atom is 0.0695 e. The zero-order valence-electron chi connectivity index (χ0n) is 9.87. The maximum absolute atomic E-state index is 9.83. The molecule has 0 aromatic carbocycles. The minimum absolute atomic E-state index is 0.0704. The van der Waals surface area contributed by atoms with Crippen LogP contribution in [-0.4, -0.2) is 35.2 Å². The molecule has 0 bridgehead atoms. The highest BCUT2D eigenvalue weighted by atomic mass is 16.3. The predicted octanol–water partition coefficient (Wildman–Crippen LogP) is 2.27. The second-order valence-electron chi connectivity index (χ2n) is 4.67. The zero-order chi connectivity index (χ0) is 10.6. The summed E-state index contributed by atoms with van der Waals surface area (Å²) >= 11 is 0. The van der Waals surface area contributed by atoms with Crippen molar-refractivity contribution in [2.24, 2.45) is 5.92 Å². The van der Waals surface area contributed by atoms with Crippen LogP contribution in [0, 0.1) is 5.92 Å². The number of hydrogen-bond acceptors (Lipinski definition) is 2. The Morgan fingerprint density at radius 2 is 2.07 bits per heavy atom. The maximum atomic E-state index is 9.83. The summed E-state index contributed by atoms with van der Waals surface area (Å²) in [5.74, 6) is 0.753. The fourth-order valence-corrected chi connectivity index (χ4v) is 2.38. The van der Waals surface area contributed by atoms with Crippen LogP contribution in [0.2, 0.25) is 0 Å². The fourth-order valence-electron chi connectivity index (χ4n) is 2.38. The summed E-state index contributed by atoms with van der Waals surface area (Å²) in [5, 5.41) is 9.83. The van der Waals surface area contributed by atoms with Crippen molar-refractivity contribution in [3.8, 4) is 0 Å². The molecular weight excluding hydrogens is 174 g/mol. The molecule has 0 aromatic rings. The normalized spacial score (nSPS) is 29.8. The van der Waals surface area contributed by atoms with Crippen LogP contribution in [0.4, 0.5) is 0 Å². The average molecular weight is 199 g/mol. The van der Waals surface area contributed by atoms with E-state index >= 15 is 0 Å². The highest BCUT2D eigenvalue weighted by Crippen LogP contribution is 2.24. The van der Waals surface area contributed by atoms with E-state index in [0.717, 1.165) is 25.4 Å². The van der Waals surface area contributed by atoms with Crippen LogP contribution in [0.25, 0.3) is 0 Å². The van der Waals surface area contributed by atoms with E-state index in [1.807, 2.05) is 0 Å². The van der Waals surface area contributed by atoms with Gasteiger partial charge in [0, 0.05) is 12.6 Å². The standard InChI is InChI=1S/C12H25NO/c1-4-10(3)9-13(5-2)11-7-6-8-12(11)14/h10-12,14H,4-9H2,1-3H3/t10?,11-,12-/m1/s1. The van der Waals surface area contributed by atoms with Crippen LogP contribution >= 0.6 is 0 Å². The monoisotopic (exact) mass is 199 g/mol. The van der Waals surface area contributed by atoms with E-state index < -0.39 is 0 Å². The summed E-state index contributed by atoms with van der Waals surface area (Å²) in [4.78, 5) is 2.46. The minimum Gasteiger partial charge on any atom is -0.391 e. The molecule has 0 radical (unpaired) electrons. The van der Waals surface area contributed by atoms with Crippen molar-refractivity contribution in [1.82, 2.24) is 4.90 Å². The van der Waals surface area contributed by atoms with Crippen molar-refractivity contribution in [2.75, 3.05) is 13.1 Å². The molecule has 2 nitrogen and oxygen atoms in total. The molecule has 1 saturated carbocycles. The van der Waals surface area contributed by atoms with Crippen LogP contribution < -0.4 is 0 Å². The van der Waals surface area contributed by atoms with Crippen molar-refractivity contribution in [1.29, 1.82) is 0 Å². The van der Waals surface area contributed by atoms with Gasteiger partial charge in [-0.2, -0.15) is 0 Å². The van der Waals surface area contributed by atoms with Crippen LogP contribution in [0.3, 0.4) is 0 Å². The van der Waals surface area contributed by atoms with Crippen molar-refractivity contribution < 1.29 is 5.11 Å². The van der Waals surface area contributed by atoms with Crippen LogP contribution in [0.5, 0.6) is 0 Å². The first-order valence-corrected chi connectivity index (χ1v) is 6.11. The quantitative estimate of drug-likeness (QED) is 0.734. The van der Waals surface area contributed by atoms with E-state index in [4.69, 9.17) is 0 Å². The third-order valence-corrected chi connectivity index (χ3v) is 3.56. The third-order valence-electron chi connectivity index (χ3n) is 3.56. The first-order chi connectivity index (χ1) is 6.69. The number of nitrogens with zero attached hydrogens (tertiary/aromatic N) is 1. The molecule has 14 heavy (non-hydrogen) atoms. The van der Waals surface area contributed by atoms with E-state index in [2.05, 4.69) is 25.7 Å². The molecule has 0 spiro atoms. The molecular formula is C12H25NO. The van der Waals surface area contributed by atoms with Crippen LogP contribution in [-0.2, 0) is 0 Å². The lowest BCUT2D eigenvalue weighted by molar-refractivity contribution is 0.0651. The molecule has 84 valence electrons. The highest BCUT2D eigenvalue weighted by Gasteiger charge is 2.30. The second-order valence-corrected chi connectivity index (χ2v) is 4.67. The van der Waals surface area contributed by atoms with Crippen molar-refractivity contribution in [3.05, 3.63) is 0 Å². The summed E-state index contributed by atoms with van der Waals surface area (Å²) in [7, 11) is 0. The molecule has 1 unspecified atom stereocenters. The summed E-state index contributed by atoms with van der Waals surface area (Å²) in [6.45, 7) is 8.96. The van der Waals surface area contributed by atoms with Crippen molar-refractivity contribution in [3.63, 3.8) is 0 Å². The lowest BCUT2D eigenvalue weighted by Crippen LogP contribution is -2.42. The molecule has 0 amide bonds. The number of aliphatic hydroxyl groups is 1. The van der Waals surface area contributed by atoms with Gasteiger partial charge in [-0.25, -0.2) is 0 Å². The molecule has 1 aliphatic carbocycles. The lowest BCUT2D eigenvalue weighted by atomic mass is 10.1. The largest absolute Gasteiger partial charge is 0.391 e. The Bertz CT molecular complexity index is 160. The average Bonchev–Trinajstić information content (AvgIpc) is 2.60. The smallest absolute Gasteiger partial charge is 0.0695 e. The van der Waals surface area contributed by atoms with Gasteiger partial charge in [-0.15, -0.1) is 0 Å². The second kappa shape index (κ2) is 5.72. The molecule has 1 aliphatic rings. The Balaban J connectivity index is 2.44. The molecule has 1 rings (SSSR count). The van der Waals surface area contributed by atoms with Gasteiger partial charge in [0.05, 0.1) is 6.10 Å². The van der Waals surface area contributed by atoms with E-state index in [9.17, 15) is 5.11 Å². The number of hydrogen-bond donors (Lipinski definition) is 1. The van der Waals surface area contributed by atoms with Crippen molar-refractivity contribution >= 4 is 0 Å². The first kappa shape index (κ1) is 12.0. The number of aliphatic hydroxyl groups excluding tert-OH is 1. The first-order valence-electron chi connectivity index (χ1n) is 6.11. The highest BCUT2D eigenvalue weighted by molar-refractivity contribution is 4.85. The molecule has 0 heterocycles. The van der Waals surface area contributed by atoms with Gasteiger partial charge in [-0.3, -0.25) is 4.90 Å². The van der Waals surface area contributed by atoms with Gasteiger partial charge in [0.1, 0.15) is 0 Å². The summed E-state index contributed by atoms with van der Waals surface area (Å²) in [5.41, 5.74) is 0. The summed E-state index contributed by atoms with van der Waals surface area (Å²) in [6.07, 6.45) is 4.55. The molecule has 0 saturated heterocycles. The molecule has 0 aliphatic heterocycles. The summed E-state index contributed by atoms with van der Waals surface area (Å²) < 4.78 is 0. The Hall–Kier alpha value is -0.0800. The minimum atomic E-state index is -0.0704. The van der Waals surface area contributed by atoms with Crippen LogP contribution in [0.1, 0.15) is 46.5 Å². The van der Waals surface area contributed by atoms with E-state index in [0.29, 0.717) is 6.04 Å². The fraction of sp³-hybridized carbons (Fsp3) is 1.00. The molecule has 1 N–H and O–H groups in total. The van der Waals surface area contributed by atoms with Gasteiger partial charge in [-0.1, -0.05) is 27.2 Å². The number of rotatable bonds is 5. The molecule has 1 fully saturated rings. The lowest BCUT2D eigenvalue weighted by Gasteiger charge is -2.31. The topological polar surface area (TPSA) is 23.5 Å². The summed E-state index contributed by atoms with van der Waals surface area (Å²) in [6, 6.07) is 0.439. The van der Waals surface area contributed by atoms with E-state index in [1.165, 1.54) is 19.3 Å². The predicted molar refractivity (Wildman–Crippen MR) is 60.3 cm³/mol. The van der Waals surface area contributed by atoms with Gasteiger partial charge in [0.15, 0.2) is 0 Å². The van der Waals surface area contributed by atoms with Gasteiger partial charge < -0.3 is 5.11 Å². The Kier molecular flexibility index (Phi) is 4.90. The SMILES string of the molecule is CCC(C)CN(CC)[C@@H]1CCC[C@H]1O. The van der Waals surface area contributed by atoms with Gasteiger partial charge in [0.25, 0.3) is 0 Å². The molecule has 0 aromatic heterocycles.